The zero-order valence-electron chi connectivity index (χ0n) is 15.4. The predicted octanol–water partition coefficient (Wildman–Crippen LogP) is 3.97. The fourth-order valence-corrected chi connectivity index (χ4v) is 3.64. The third-order valence-corrected chi connectivity index (χ3v) is 5.12. The molecule has 1 fully saturated rings. The Balaban J connectivity index is 1.61. The second-order valence-electron chi connectivity index (χ2n) is 7.54. The van der Waals surface area contributed by atoms with Gasteiger partial charge in [0, 0.05) is 12.2 Å². The molecule has 2 aromatic heterocycles. The lowest BCUT2D eigenvalue weighted by atomic mass is 10.1. The van der Waals surface area contributed by atoms with E-state index in [4.69, 9.17) is 9.72 Å². The number of imidazole rings is 1. The Morgan fingerprint density at radius 1 is 1.15 bits per heavy atom. The quantitative estimate of drug-likeness (QED) is 0.718. The summed E-state index contributed by atoms with van der Waals surface area (Å²) in [7, 11) is 0. The van der Waals surface area contributed by atoms with Crippen molar-refractivity contribution in [1.29, 1.82) is 0 Å². The molecule has 0 bridgehead atoms. The molecule has 3 aromatic rings. The zero-order chi connectivity index (χ0) is 17.8. The lowest BCUT2D eigenvalue weighted by molar-refractivity contribution is 0.306. The maximum Gasteiger partial charge on any atom is 0.178 e. The van der Waals surface area contributed by atoms with Crippen LogP contribution in [0.5, 0.6) is 5.75 Å². The van der Waals surface area contributed by atoms with Crippen LogP contribution in [0.15, 0.2) is 24.4 Å². The molecule has 0 spiro atoms. The molecule has 26 heavy (non-hydrogen) atoms. The van der Waals surface area contributed by atoms with Gasteiger partial charge in [-0.3, -0.25) is 0 Å². The number of aryl methyl sites for hydroxylation is 1. The molecule has 6 heteroatoms. The number of rotatable bonds is 3. The molecule has 5 rings (SSSR count). The highest BCUT2D eigenvalue weighted by molar-refractivity contribution is 5.69. The van der Waals surface area contributed by atoms with Gasteiger partial charge in [-0.15, -0.1) is 0 Å². The van der Waals surface area contributed by atoms with Gasteiger partial charge < -0.3 is 9.30 Å². The van der Waals surface area contributed by atoms with E-state index in [1.54, 1.807) is 0 Å². The Morgan fingerprint density at radius 3 is 2.77 bits per heavy atom. The summed E-state index contributed by atoms with van der Waals surface area (Å²) in [5.41, 5.74) is 3.32. The molecule has 2 aliphatic rings. The Morgan fingerprint density at radius 2 is 2.00 bits per heavy atom. The van der Waals surface area contributed by atoms with Crippen LogP contribution >= 0.6 is 0 Å². The predicted molar refractivity (Wildman–Crippen MR) is 99.3 cm³/mol. The lowest BCUT2D eigenvalue weighted by Gasteiger charge is -2.09. The largest absolute Gasteiger partial charge is 0.491 e. The van der Waals surface area contributed by atoms with Crippen LogP contribution in [0.2, 0.25) is 0 Å². The molecule has 1 aliphatic carbocycles. The van der Waals surface area contributed by atoms with Crippen LogP contribution in [-0.2, 0) is 6.54 Å². The molecular formula is C20H23N5O. The molecule has 0 N–H and O–H groups in total. The number of ether oxygens (including phenoxy) is 1. The van der Waals surface area contributed by atoms with Gasteiger partial charge in [0.15, 0.2) is 5.82 Å². The van der Waals surface area contributed by atoms with Gasteiger partial charge >= 0.3 is 0 Å². The van der Waals surface area contributed by atoms with Crippen LogP contribution in [0.1, 0.15) is 50.0 Å². The maximum atomic E-state index is 6.03. The van der Waals surface area contributed by atoms with Crippen molar-refractivity contribution >= 4 is 0 Å². The fourth-order valence-electron chi connectivity index (χ4n) is 3.64. The Labute approximate surface area is 152 Å². The van der Waals surface area contributed by atoms with E-state index in [1.807, 2.05) is 11.6 Å². The molecule has 1 aromatic carbocycles. The monoisotopic (exact) mass is 349 g/mol. The highest BCUT2D eigenvalue weighted by Crippen LogP contribution is 2.43. The summed E-state index contributed by atoms with van der Waals surface area (Å²) in [4.78, 5) is 9.54. The van der Waals surface area contributed by atoms with E-state index in [-0.39, 0.29) is 6.04 Å². The second-order valence-corrected chi connectivity index (χ2v) is 7.54. The lowest BCUT2D eigenvalue weighted by Crippen LogP contribution is -2.06. The molecule has 0 unspecified atom stereocenters. The summed E-state index contributed by atoms with van der Waals surface area (Å²) in [5, 5.41) is 4.53. The first-order valence-electron chi connectivity index (χ1n) is 9.38. The van der Waals surface area contributed by atoms with Gasteiger partial charge in [0.25, 0.3) is 0 Å². The molecule has 0 atom stereocenters. The third-order valence-electron chi connectivity index (χ3n) is 5.12. The first-order valence-corrected chi connectivity index (χ1v) is 9.38. The minimum absolute atomic E-state index is 0.240. The zero-order valence-corrected chi connectivity index (χ0v) is 15.4. The summed E-state index contributed by atoms with van der Waals surface area (Å²) < 4.78 is 10.1. The van der Waals surface area contributed by atoms with Crippen LogP contribution in [0.4, 0.5) is 0 Å². The van der Waals surface area contributed by atoms with Crippen molar-refractivity contribution in [1.82, 2.24) is 24.3 Å². The molecule has 0 amide bonds. The normalized spacial score (nSPS) is 16.2. The number of aromatic nitrogens is 5. The summed E-state index contributed by atoms with van der Waals surface area (Å²) >= 11 is 0. The van der Waals surface area contributed by atoms with Crippen molar-refractivity contribution in [2.45, 2.75) is 52.1 Å². The first kappa shape index (κ1) is 15.6. The molecule has 0 radical (unpaired) electrons. The van der Waals surface area contributed by atoms with Gasteiger partial charge in [0.2, 0.25) is 0 Å². The van der Waals surface area contributed by atoms with E-state index in [0.29, 0.717) is 6.61 Å². The smallest absolute Gasteiger partial charge is 0.178 e. The topological polar surface area (TPSA) is 57.8 Å². The van der Waals surface area contributed by atoms with Crippen molar-refractivity contribution < 1.29 is 4.74 Å². The number of fused-ring (bicyclic) bond motifs is 3. The average molecular weight is 349 g/mol. The number of hydrogen-bond acceptors (Lipinski definition) is 4. The van der Waals surface area contributed by atoms with E-state index >= 15 is 0 Å². The van der Waals surface area contributed by atoms with E-state index in [9.17, 15) is 0 Å². The van der Waals surface area contributed by atoms with Crippen molar-refractivity contribution in [3.8, 4) is 28.7 Å². The number of hydrogen-bond donors (Lipinski definition) is 0. The van der Waals surface area contributed by atoms with Crippen molar-refractivity contribution in [3.05, 3.63) is 35.8 Å². The average Bonchev–Trinajstić information content (AvgIpc) is 3.31. The van der Waals surface area contributed by atoms with Crippen molar-refractivity contribution in [3.63, 3.8) is 0 Å². The van der Waals surface area contributed by atoms with Gasteiger partial charge in [-0.25, -0.2) is 14.6 Å². The van der Waals surface area contributed by atoms with Gasteiger partial charge in [0.05, 0.1) is 12.1 Å². The van der Waals surface area contributed by atoms with Gasteiger partial charge in [-0.2, -0.15) is 5.10 Å². The van der Waals surface area contributed by atoms with Gasteiger partial charge in [0.1, 0.15) is 29.7 Å². The van der Waals surface area contributed by atoms with E-state index in [1.165, 1.54) is 18.4 Å². The third kappa shape index (κ3) is 2.52. The molecule has 6 nitrogen and oxygen atoms in total. The number of nitrogens with zero attached hydrogens (tertiary/aromatic N) is 5. The molecule has 134 valence electrons. The minimum atomic E-state index is 0.240. The van der Waals surface area contributed by atoms with Gasteiger partial charge in [-0.1, -0.05) is 6.07 Å². The Hall–Kier alpha value is -2.63. The van der Waals surface area contributed by atoms with Crippen molar-refractivity contribution in [2.24, 2.45) is 0 Å². The Bertz CT molecular complexity index is 980. The number of benzene rings is 1. The molecule has 3 heterocycles. The molecule has 1 saturated carbocycles. The first-order chi connectivity index (χ1) is 12.6. The standard InChI is InChI=1S/C20H23N5O/c1-12(2)25-20(21-13(3)23-25)17-11-24-8-9-26-18-10-15(14-4-5-14)6-7-16(18)19(24)22-17/h6-7,10-12,14H,4-5,8-9H2,1-3H3. The van der Waals surface area contributed by atoms with Crippen LogP contribution in [0.3, 0.4) is 0 Å². The SMILES string of the molecule is Cc1nc(-c2cn3c(n2)-c2ccc(C4CC4)cc2OCC3)n(C(C)C)n1. The summed E-state index contributed by atoms with van der Waals surface area (Å²) in [6.07, 6.45) is 4.66. The van der Waals surface area contributed by atoms with E-state index < -0.39 is 0 Å². The van der Waals surface area contributed by atoms with Gasteiger partial charge in [-0.05, 0) is 57.2 Å². The summed E-state index contributed by atoms with van der Waals surface area (Å²) in [6, 6.07) is 6.84. The highest BCUT2D eigenvalue weighted by Gasteiger charge is 2.27. The van der Waals surface area contributed by atoms with Crippen LogP contribution < -0.4 is 4.74 Å². The molecule has 0 saturated heterocycles. The Kier molecular flexibility index (Phi) is 3.42. The van der Waals surface area contributed by atoms with Crippen LogP contribution in [0, 0.1) is 6.92 Å². The second kappa shape index (κ2) is 5.69. The van der Waals surface area contributed by atoms with E-state index in [0.717, 1.165) is 46.9 Å². The van der Waals surface area contributed by atoms with Crippen LogP contribution in [0.25, 0.3) is 22.9 Å². The van der Waals surface area contributed by atoms with E-state index in [2.05, 4.69) is 52.9 Å². The summed E-state index contributed by atoms with van der Waals surface area (Å²) in [6.45, 7) is 7.58. The minimum Gasteiger partial charge on any atom is -0.491 e. The molecule has 1 aliphatic heterocycles. The summed E-state index contributed by atoms with van der Waals surface area (Å²) in [5.74, 6) is 4.22. The van der Waals surface area contributed by atoms with Crippen LogP contribution in [-0.4, -0.2) is 30.9 Å². The highest BCUT2D eigenvalue weighted by atomic mass is 16.5. The maximum absolute atomic E-state index is 6.03. The van der Waals surface area contributed by atoms with Crippen molar-refractivity contribution in [2.75, 3.05) is 6.61 Å². The fraction of sp³-hybridized carbons (Fsp3) is 0.450. The molecular weight excluding hydrogens is 326 g/mol.